The number of amides is 1. The van der Waals surface area contributed by atoms with Gasteiger partial charge in [0.25, 0.3) is 0 Å². The molecule has 2 aromatic rings. The number of ether oxygens (including phenoxy) is 1. The molecule has 0 N–H and O–H groups in total. The van der Waals surface area contributed by atoms with Gasteiger partial charge in [0.1, 0.15) is 5.82 Å². The van der Waals surface area contributed by atoms with E-state index in [0.29, 0.717) is 30.5 Å². The molecule has 1 aromatic heterocycles. The molecule has 6 nitrogen and oxygen atoms in total. The Hall–Kier alpha value is -2.75. The number of benzene rings is 1. The van der Waals surface area contributed by atoms with E-state index in [4.69, 9.17) is 4.74 Å². The lowest BCUT2D eigenvalue weighted by atomic mass is 10.1. The van der Waals surface area contributed by atoms with Gasteiger partial charge in [-0.15, -0.1) is 0 Å². The summed E-state index contributed by atoms with van der Waals surface area (Å²) in [5, 5.41) is 0. The van der Waals surface area contributed by atoms with Crippen LogP contribution in [0, 0.1) is 5.82 Å². The Bertz CT molecular complexity index is 1030. The highest BCUT2D eigenvalue weighted by atomic mass is 19.4. The molecule has 1 aromatic carbocycles. The molecule has 5 rings (SSSR count). The van der Waals surface area contributed by atoms with E-state index in [0.717, 1.165) is 43.9 Å². The third kappa shape index (κ3) is 4.80. The van der Waals surface area contributed by atoms with Crippen LogP contribution in [0.5, 0.6) is 5.88 Å². The second-order valence-corrected chi connectivity index (χ2v) is 8.94. The van der Waals surface area contributed by atoms with E-state index in [2.05, 4.69) is 14.9 Å². The highest BCUT2D eigenvalue weighted by Crippen LogP contribution is 2.39. The number of hydrogen-bond donors (Lipinski definition) is 0. The molecule has 10 heteroatoms. The Morgan fingerprint density at radius 3 is 2.61 bits per heavy atom. The fourth-order valence-electron chi connectivity index (χ4n) is 4.60. The van der Waals surface area contributed by atoms with E-state index in [9.17, 15) is 22.4 Å². The van der Waals surface area contributed by atoms with E-state index in [1.54, 1.807) is 17.3 Å². The van der Waals surface area contributed by atoms with Crippen LogP contribution in [0.25, 0.3) is 0 Å². The maximum absolute atomic E-state index is 14.1. The monoisotopic (exact) mass is 464 g/mol. The van der Waals surface area contributed by atoms with E-state index >= 15 is 0 Å². The van der Waals surface area contributed by atoms with Crippen LogP contribution in [0.2, 0.25) is 0 Å². The van der Waals surface area contributed by atoms with Crippen LogP contribution >= 0.6 is 0 Å². The summed E-state index contributed by atoms with van der Waals surface area (Å²) >= 11 is 0. The van der Waals surface area contributed by atoms with Crippen LogP contribution in [0.4, 0.5) is 17.6 Å². The number of nitrogens with zero attached hydrogens (tertiary/aromatic N) is 4. The summed E-state index contributed by atoms with van der Waals surface area (Å²) < 4.78 is 59.1. The van der Waals surface area contributed by atoms with E-state index in [1.807, 2.05) is 0 Å². The zero-order valence-electron chi connectivity index (χ0n) is 17.9. The third-order valence-electron chi connectivity index (χ3n) is 6.62. The molecule has 33 heavy (non-hydrogen) atoms. The number of carbonyl (C=O) groups is 1. The predicted molar refractivity (Wildman–Crippen MR) is 110 cm³/mol. The minimum Gasteiger partial charge on any atom is -0.457 e. The van der Waals surface area contributed by atoms with Crippen LogP contribution in [-0.4, -0.2) is 51.2 Å². The average molecular weight is 464 g/mol. The lowest BCUT2D eigenvalue weighted by Gasteiger charge is -2.40. The molecule has 3 heterocycles. The van der Waals surface area contributed by atoms with E-state index in [1.165, 1.54) is 0 Å². The predicted octanol–water partition coefficient (Wildman–Crippen LogP) is 4.11. The van der Waals surface area contributed by atoms with Gasteiger partial charge in [-0.05, 0) is 55.9 Å². The van der Waals surface area contributed by atoms with Gasteiger partial charge in [0.15, 0.2) is 6.23 Å². The number of fused-ring (bicyclic) bond motifs is 1. The molecule has 2 aliphatic heterocycles. The Morgan fingerprint density at radius 1 is 1.09 bits per heavy atom. The minimum absolute atomic E-state index is 0.253. The van der Waals surface area contributed by atoms with Crippen molar-refractivity contribution in [2.24, 2.45) is 0 Å². The molecule has 2 saturated heterocycles. The van der Waals surface area contributed by atoms with Crippen LogP contribution in [0.3, 0.4) is 0 Å². The molecule has 1 aliphatic carbocycles. The molecular weight excluding hydrogens is 440 g/mol. The number of hydrogen-bond acceptors (Lipinski definition) is 5. The summed E-state index contributed by atoms with van der Waals surface area (Å²) in [6.45, 7) is 0.755. The first-order valence-electron chi connectivity index (χ1n) is 11.2. The summed E-state index contributed by atoms with van der Waals surface area (Å²) in [5.74, 6) is -0.294. The molecule has 1 amide bonds. The topological polar surface area (TPSA) is 58.6 Å². The molecule has 2 atom stereocenters. The van der Waals surface area contributed by atoms with Crippen LogP contribution in [0.1, 0.15) is 54.8 Å². The summed E-state index contributed by atoms with van der Waals surface area (Å²) in [5.41, 5.74) is -0.243. The van der Waals surface area contributed by atoms with Crippen LogP contribution in [-0.2, 0) is 17.4 Å². The summed E-state index contributed by atoms with van der Waals surface area (Å²) in [6, 6.07) is 2.41. The largest absolute Gasteiger partial charge is 0.457 e. The van der Waals surface area contributed by atoms with Gasteiger partial charge < -0.3 is 9.64 Å². The first kappa shape index (κ1) is 22.1. The lowest BCUT2D eigenvalue weighted by molar-refractivity contribution is -0.139. The fraction of sp³-hybridized carbons (Fsp3) is 0.522. The average Bonchev–Trinajstić information content (AvgIpc) is 3.56. The Labute approximate surface area is 188 Å². The van der Waals surface area contributed by atoms with Crippen molar-refractivity contribution < 1.29 is 27.1 Å². The number of alkyl halides is 3. The van der Waals surface area contributed by atoms with Crippen molar-refractivity contribution in [1.82, 2.24) is 19.8 Å². The van der Waals surface area contributed by atoms with Gasteiger partial charge in [0, 0.05) is 18.5 Å². The summed E-state index contributed by atoms with van der Waals surface area (Å²) in [7, 11) is 0. The van der Waals surface area contributed by atoms with Crippen molar-refractivity contribution in [1.29, 1.82) is 0 Å². The second-order valence-electron chi connectivity index (χ2n) is 8.94. The van der Waals surface area contributed by atoms with Gasteiger partial charge in [-0.1, -0.05) is 0 Å². The summed E-state index contributed by atoms with van der Waals surface area (Å²) in [4.78, 5) is 25.2. The van der Waals surface area contributed by atoms with Gasteiger partial charge in [0.05, 0.1) is 36.7 Å². The van der Waals surface area contributed by atoms with Crippen LogP contribution in [0.15, 0.2) is 30.6 Å². The molecule has 0 spiro atoms. The molecular formula is C23H24F4N4O2. The highest BCUT2D eigenvalue weighted by molar-refractivity contribution is 5.79. The Kier molecular flexibility index (Phi) is 5.72. The SMILES string of the molecule is O=C(Cc1cc(C(F)(F)F)ccc1F)N1CC[C@@H]2CC[C@H](Oc3cnc(C4CC4)cn3)N2C1. The molecule has 0 bridgehead atoms. The molecule has 0 unspecified atom stereocenters. The van der Waals surface area contributed by atoms with Gasteiger partial charge >= 0.3 is 6.18 Å². The fourth-order valence-corrected chi connectivity index (χ4v) is 4.60. The van der Waals surface area contributed by atoms with Crippen molar-refractivity contribution in [2.45, 2.75) is 62.9 Å². The molecule has 176 valence electrons. The van der Waals surface area contributed by atoms with Crippen molar-refractivity contribution in [3.8, 4) is 5.88 Å². The Balaban J connectivity index is 1.23. The second kappa shape index (κ2) is 8.55. The van der Waals surface area contributed by atoms with Crippen molar-refractivity contribution in [2.75, 3.05) is 13.2 Å². The smallest absolute Gasteiger partial charge is 0.416 e. The highest BCUT2D eigenvalue weighted by Gasteiger charge is 2.40. The molecule has 3 aliphatic rings. The maximum Gasteiger partial charge on any atom is 0.416 e. The maximum atomic E-state index is 14.1. The number of aromatic nitrogens is 2. The van der Waals surface area contributed by atoms with Crippen molar-refractivity contribution in [3.63, 3.8) is 0 Å². The first-order chi connectivity index (χ1) is 15.8. The van der Waals surface area contributed by atoms with Crippen LogP contribution < -0.4 is 4.74 Å². The number of rotatable bonds is 5. The van der Waals surface area contributed by atoms with Crippen molar-refractivity contribution >= 4 is 5.91 Å². The lowest BCUT2D eigenvalue weighted by Crippen LogP contribution is -2.53. The normalized spacial score (nSPS) is 23.5. The van der Waals surface area contributed by atoms with Gasteiger partial charge in [-0.3, -0.25) is 9.78 Å². The first-order valence-corrected chi connectivity index (χ1v) is 11.2. The Morgan fingerprint density at radius 2 is 1.91 bits per heavy atom. The third-order valence-corrected chi connectivity index (χ3v) is 6.62. The minimum atomic E-state index is -4.59. The standard InChI is InChI=1S/C23H24F4N4O2/c24-18-5-3-16(23(25,26)27)9-15(18)10-21(32)30-8-7-17-4-6-22(31(17)13-30)33-20-12-28-19(11-29-20)14-1-2-14/h3,5,9,11-12,14,17,22H,1-2,4,6-8,10,13H2/t17-,22-/m0/s1. The van der Waals surface area contributed by atoms with Gasteiger partial charge in [-0.2, -0.15) is 13.2 Å². The summed E-state index contributed by atoms with van der Waals surface area (Å²) in [6.07, 6.45) is 2.79. The molecule has 0 radical (unpaired) electrons. The van der Waals surface area contributed by atoms with Crippen molar-refractivity contribution in [3.05, 3.63) is 53.2 Å². The quantitative estimate of drug-likeness (QED) is 0.624. The molecule has 3 fully saturated rings. The van der Waals surface area contributed by atoms with Gasteiger partial charge in [0.2, 0.25) is 11.8 Å². The molecule has 1 saturated carbocycles. The van der Waals surface area contributed by atoms with E-state index in [-0.39, 0.29) is 24.5 Å². The van der Waals surface area contributed by atoms with E-state index < -0.39 is 29.9 Å². The zero-order chi connectivity index (χ0) is 23.2. The number of carbonyl (C=O) groups excluding carboxylic acids is 1. The zero-order valence-corrected chi connectivity index (χ0v) is 17.9. The number of halogens is 4. The van der Waals surface area contributed by atoms with Gasteiger partial charge in [-0.25, -0.2) is 14.3 Å².